The van der Waals surface area contributed by atoms with Crippen LogP contribution in [0.5, 0.6) is 0 Å². The molecule has 0 heterocycles. The minimum atomic E-state index is 1.17. The van der Waals surface area contributed by atoms with Crippen molar-refractivity contribution >= 4 is 10.8 Å². The molecule has 0 fully saturated rings. The Morgan fingerprint density at radius 1 is 0.682 bits per heavy atom. The van der Waals surface area contributed by atoms with Crippen molar-refractivity contribution in [3.63, 3.8) is 0 Å². The molecule has 3 aromatic carbocycles. The third kappa shape index (κ3) is 6.90. The number of benzene rings is 3. The van der Waals surface area contributed by atoms with Gasteiger partial charge in [-0.3, -0.25) is 0 Å². The van der Waals surface area contributed by atoms with Crippen molar-refractivity contribution in [1.82, 2.24) is 0 Å². The van der Waals surface area contributed by atoms with Gasteiger partial charge in [0.05, 0.1) is 0 Å². The van der Waals surface area contributed by atoms with Gasteiger partial charge in [-0.15, -0.1) is 6.58 Å². The Bertz CT molecular complexity index is 684. The standard InChI is InChI=1S/C11H10.C7H8.C4H8/c1-9-5-4-7-10-6-2-3-8-11(9)10;1-7-5-3-2-4-6-7;1-4(2)3/h2-8H,1H3;2-6H,1H3;1H2,2-3H3. The maximum atomic E-state index is 3.56. The smallest absolute Gasteiger partial charge is 0.0155 e. The number of hydrogen-bond donors (Lipinski definition) is 0. The number of aryl methyl sites for hydroxylation is 2. The van der Waals surface area contributed by atoms with Crippen LogP contribution in [0.25, 0.3) is 10.8 Å². The van der Waals surface area contributed by atoms with Crippen LogP contribution < -0.4 is 0 Å². The van der Waals surface area contributed by atoms with Gasteiger partial charge in [0.1, 0.15) is 0 Å². The summed E-state index contributed by atoms with van der Waals surface area (Å²) in [6.07, 6.45) is 0. The topological polar surface area (TPSA) is 0 Å². The molecule has 0 radical (unpaired) electrons. The van der Waals surface area contributed by atoms with E-state index in [1.807, 2.05) is 32.0 Å². The van der Waals surface area contributed by atoms with Crippen LogP contribution in [0, 0.1) is 13.8 Å². The van der Waals surface area contributed by atoms with E-state index in [0.29, 0.717) is 0 Å². The van der Waals surface area contributed by atoms with E-state index in [4.69, 9.17) is 0 Å². The van der Waals surface area contributed by atoms with Gasteiger partial charge >= 0.3 is 0 Å². The zero-order valence-corrected chi connectivity index (χ0v) is 14.1. The van der Waals surface area contributed by atoms with E-state index in [1.54, 1.807) is 0 Å². The lowest BCUT2D eigenvalue weighted by molar-refractivity contribution is 1.42. The van der Waals surface area contributed by atoms with E-state index in [1.165, 1.54) is 27.5 Å². The molecule has 0 amide bonds. The lowest BCUT2D eigenvalue weighted by atomic mass is 10.1. The number of fused-ring (bicyclic) bond motifs is 1. The molecule has 0 nitrogen and oxygen atoms in total. The summed E-state index contributed by atoms with van der Waals surface area (Å²) in [6, 6.07) is 25.1. The maximum Gasteiger partial charge on any atom is -0.0155 e. The molecule has 0 spiro atoms. The minimum Gasteiger partial charge on any atom is -0.100 e. The van der Waals surface area contributed by atoms with Crippen molar-refractivity contribution in [2.75, 3.05) is 0 Å². The van der Waals surface area contributed by atoms with Crippen molar-refractivity contribution in [3.05, 3.63) is 96.1 Å². The SMILES string of the molecule is C=C(C)C.Cc1cccc2ccccc12.Cc1ccccc1. The molecule has 0 bridgehead atoms. The Hall–Kier alpha value is -2.34. The largest absolute Gasteiger partial charge is 0.100 e. The number of hydrogen-bond acceptors (Lipinski definition) is 0. The van der Waals surface area contributed by atoms with E-state index >= 15 is 0 Å². The highest BCUT2D eigenvalue weighted by atomic mass is 14.0. The normalized spacial score (nSPS) is 9.09. The van der Waals surface area contributed by atoms with Gasteiger partial charge in [0.2, 0.25) is 0 Å². The highest BCUT2D eigenvalue weighted by Gasteiger charge is 1.92. The molecule has 0 N–H and O–H groups in total. The fraction of sp³-hybridized carbons (Fsp3) is 0.182. The van der Waals surface area contributed by atoms with Gasteiger partial charge in [0.15, 0.2) is 0 Å². The van der Waals surface area contributed by atoms with Crippen molar-refractivity contribution in [2.24, 2.45) is 0 Å². The average Bonchev–Trinajstić information content (AvgIpc) is 2.49. The fourth-order valence-corrected chi connectivity index (χ4v) is 1.92. The fourth-order valence-electron chi connectivity index (χ4n) is 1.92. The van der Waals surface area contributed by atoms with Crippen LogP contribution >= 0.6 is 0 Å². The number of rotatable bonds is 0. The lowest BCUT2D eigenvalue weighted by Crippen LogP contribution is -1.75. The summed E-state index contributed by atoms with van der Waals surface area (Å²) >= 11 is 0. The molecular formula is C22H26. The minimum absolute atomic E-state index is 1.17. The van der Waals surface area contributed by atoms with E-state index < -0.39 is 0 Å². The van der Waals surface area contributed by atoms with Crippen LogP contribution in [0.2, 0.25) is 0 Å². The molecular weight excluding hydrogens is 264 g/mol. The zero-order chi connectivity index (χ0) is 16.4. The van der Waals surface area contributed by atoms with Gasteiger partial charge in [-0.05, 0) is 44.0 Å². The van der Waals surface area contributed by atoms with E-state index in [-0.39, 0.29) is 0 Å². The number of allylic oxidation sites excluding steroid dienone is 1. The van der Waals surface area contributed by atoms with Crippen molar-refractivity contribution in [1.29, 1.82) is 0 Å². The van der Waals surface area contributed by atoms with Crippen molar-refractivity contribution in [3.8, 4) is 0 Å². The summed E-state index contributed by atoms with van der Waals surface area (Å²) in [7, 11) is 0. The zero-order valence-electron chi connectivity index (χ0n) is 14.1. The summed E-state index contributed by atoms with van der Waals surface area (Å²) in [4.78, 5) is 0. The van der Waals surface area contributed by atoms with E-state index in [9.17, 15) is 0 Å². The van der Waals surface area contributed by atoms with Crippen LogP contribution in [0.4, 0.5) is 0 Å². The summed E-state index contributed by atoms with van der Waals surface area (Å²) in [5.41, 5.74) is 3.84. The monoisotopic (exact) mass is 290 g/mol. The first-order valence-corrected chi connectivity index (χ1v) is 7.59. The quantitative estimate of drug-likeness (QED) is 0.403. The Labute approximate surface area is 135 Å². The van der Waals surface area contributed by atoms with Crippen molar-refractivity contribution < 1.29 is 0 Å². The maximum absolute atomic E-state index is 3.56. The lowest BCUT2D eigenvalue weighted by Gasteiger charge is -1.98. The molecule has 0 unspecified atom stereocenters. The molecule has 0 saturated carbocycles. The van der Waals surface area contributed by atoms with E-state index in [2.05, 4.69) is 75.0 Å². The third-order valence-corrected chi connectivity index (χ3v) is 2.95. The van der Waals surface area contributed by atoms with Crippen molar-refractivity contribution in [2.45, 2.75) is 27.7 Å². The van der Waals surface area contributed by atoms with Gasteiger partial charge < -0.3 is 0 Å². The summed E-state index contributed by atoms with van der Waals surface area (Å²) in [5.74, 6) is 0. The molecule has 0 saturated heterocycles. The highest BCUT2D eigenvalue weighted by molar-refractivity contribution is 5.85. The van der Waals surface area contributed by atoms with Gasteiger partial charge in [0.25, 0.3) is 0 Å². The third-order valence-electron chi connectivity index (χ3n) is 2.95. The Morgan fingerprint density at radius 3 is 1.68 bits per heavy atom. The molecule has 0 heteroatoms. The van der Waals surface area contributed by atoms with Crippen LogP contribution in [-0.2, 0) is 0 Å². The molecule has 3 rings (SSSR count). The first-order chi connectivity index (χ1) is 10.5. The Morgan fingerprint density at radius 2 is 1.18 bits per heavy atom. The molecule has 0 aliphatic heterocycles. The van der Waals surface area contributed by atoms with E-state index in [0.717, 1.165) is 0 Å². The predicted molar refractivity (Wildman–Crippen MR) is 100 cm³/mol. The van der Waals surface area contributed by atoms with Crippen LogP contribution in [0.3, 0.4) is 0 Å². The molecule has 0 aromatic heterocycles. The molecule has 114 valence electrons. The van der Waals surface area contributed by atoms with Gasteiger partial charge in [-0.25, -0.2) is 0 Å². The van der Waals surface area contributed by atoms with Crippen LogP contribution in [-0.4, -0.2) is 0 Å². The molecule has 3 aromatic rings. The molecule has 0 atom stereocenters. The average molecular weight is 290 g/mol. The Balaban J connectivity index is 0.000000190. The Kier molecular flexibility index (Phi) is 7.70. The summed E-state index contributed by atoms with van der Waals surface area (Å²) in [6.45, 7) is 11.7. The first kappa shape index (κ1) is 17.7. The second kappa shape index (κ2) is 9.57. The van der Waals surface area contributed by atoms with Crippen LogP contribution in [0.15, 0.2) is 84.9 Å². The van der Waals surface area contributed by atoms with Gasteiger partial charge in [0, 0.05) is 0 Å². The summed E-state index contributed by atoms with van der Waals surface area (Å²) < 4.78 is 0. The second-order valence-corrected chi connectivity index (χ2v) is 5.66. The van der Waals surface area contributed by atoms with Crippen LogP contribution in [0.1, 0.15) is 25.0 Å². The predicted octanol–water partition coefficient (Wildman–Crippen LogP) is 6.73. The summed E-state index contributed by atoms with van der Waals surface area (Å²) in [5, 5.41) is 2.68. The molecule has 22 heavy (non-hydrogen) atoms. The van der Waals surface area contributed by atoms with Gasteiger partial charge in [-0.2, -0.15) is 0 Å². The molecule has 0 aliphatic carbocycles. The van der Waals surface area contributed by atoms with Gasteiger partial charge in [-0.1, -0.05) is 83.9 Å². The highest BCUT2D eigenvalue weighted by Crippen LogP contribution is 2.16. The first-order valence-electron chi connectivity index (χ1n) is 7.59. The molecule has 0 aliphatic rings. The second-order valence-electron chi connectivity index (χ2n) is 5.66.